The summed E-state index contributed by atoms with van der Waals surface area (Å²) in [7, 11) is 2.16. The Morgan fingerprint density at radius 2 is 1.90 bits per heavy atom. The number of pyridine rings is 1. The zero-order valence-electron chi connectivity index (χ0n) is 17.3. The molecule has 2 aromatic rings. The van der Waals surface area contributed by atoms with Crippen LogP contribution < -0.4 is 10.9 Å². The standard InChI is InChI=1S/C24H31N3O2/c1-26-10-7-16(8-11-26)15-27-12-9-19-20(24(27)29)3-2-4-22(19)25-23(28)21-14-17-5-6-18(21)13-17/h2-4,9,12,16-18,21H,5-8,10-11,13-15H2,1H3,(H,25,28)/t17-,18+,21?/m0/s1. The van der Waals surface area contributed by atoms with Crippen LogP contribution in [0.15, 0.2) is 35.3 Å². The summed E-state index contributed by atoms with van der Waals surface area (Å²) in [6.45, 7) is 2.99. The third-order valence-electron chi connectivity index (χ3n) is 7.64. The van der Waals surface area contributed by atoms with Gasteiger partial charge in [0.25, 0.3) is 5.56 Å². The molecule has 0 spiro atoms. The minimum absolute atomic E-state index is 0.0532. The first-order valence-electron chi connectivity index (χ1n) is 11.2. The molecule has 2 heterocycles. The van der Waals surface area contributed by atoms with Crippen molar-refractivity contribution in [3.63, 3.8) is 0 Å². The highest BCUT2D eigenvalue weighted by molar-refractivity contribution is 6.02. The van der Waals surface area contributed by atoms with Gasteiger partial charge in [-0.25, -0.2) is 0 Å². The van der Waals surface area contributed by atoms with Gasteiger partial charge in [0.15, 0.2) is 0 Å². The fourth-order valence-electron chi connectivity index (χ4n) is 5.89. The number of rotatable bonds is 4. The Hall–Kier alpha value is -2.14. The SMILES string of the molecule is CN1CCC(Cn2ccc3c(NC(=O)C4C[C@H]5CC[C@@H]4C5)cccc3c2=O)CC1. The Morgan fingerprint density at radius 3 is 2.62 bits per heavy atom. The lowest BCUT2D eigenvalue weighted by molar-refractivity contribution is -0.121. The highest BCUT2D eigenvalue weighted by Crippen LogP contribution is 2.48. The number of piperidine rings is 1. The molecule has 5 rings (SSSR count). The number of likely N-dealkylation sites (tertiary alicyclic amines) is 1. The summed E-state index contributed by atoms with van der Waals surface area (Å²) >= 11 is 0. The van der Waals surface area contributed by atoms with Crippen LogP contribution in [0.3, 0.4) is 0 Å². The molecule has 29 heavy (non-hydrogen) atoms. The van der Waals surface area contributed by atoms with Crippen molar-refractivity contribution in [3.8, 4) is 0 Å². The summed E-state index contributed by atoms with van der Waals surface area (Å²) in [5, 5.41) is 4.71. The summed E-state index contributed by atoms with van der Waals surface area (Å²) in [6, 6.07) is 7.70. The van der Waals surface area contributed by atoms with Gasteiger partial charge in [-0.05, 0) is 88.2 Å². The molecule has 5 nitrogen and oxygen atoms in total. The average molecular weight is 394 g/mol. The van der Waals surface area contributed by atoms with Crippen LogP contribution >= 0.6 is 0 Å². The number of benzene rings is 1. The van der Waals surface area contributed by atoms with E-state index in [1.807, 2.05) is 35.0 Å². The van der Waals surface area contributed by atoms with Crippen LogP contribution in [0.2, 0.25) is 0 Å². The van der Waals surface area contributed by atoms with Crippen molar-refractivity contribution in [2.75, 3.05) is 25.5 Å². The van der Waals surface area contributed by atoms with Gasteiger partial charge < -0.3 is 14.8 Å². The third kappa shape index (κ3) is 3.61. The minimum Gasteiger partial charge on any atom is -0.325 e. The van der Waals surface area contributed by atoms with Crippen LogP contribution in [0.5, 0.6) is 0 Å². The van der Waals surface area contributed by atoms with Crippen molar-refractivity contribution < 1.29 is 4.79 Å². The Kier molecular flexibility index (Phi) is 4.94. The molecule has 3 aliphatic rings. The maximum atomic E-state index is 13.1. The maximum absolute atomic E-state index is 13.1. The fraction of sp³-hybridized carbons (Fsp3) is 0.583. The predicted octanol–water partition coefficient (Wildman–Crippen LogP) is 3.72. The van der Waals surface area contributed by atoms with Crippen molar-refractivity contribution in [3.05, 3.63) is 40.8 Å². The van der Waals surface area contributed by atoms with E-state index in [0.29, 0.717) is 17.2 Å². The van der Waals surface area contributed by atoms with Crippen LogP contribution in [0.4, 0.5) is 5.69 Å². The Balaban J connectivity index is 1.36. The summed E-state index contributed by atoms with van der Waals surface area (Å²) in [6.07, 6.45) is 8.93. The van der Waals surface area contributed by atoms with Crippen molar-refractivity contribution in [1.29, 1.82) is 0 Å². The molecule has 0 radical (unpaired) electrons. The van der Waals surface area contributed by atoms with E-state index in [9.17, 15) is 9.59 Å². The van der Waals surface area contributed by atoms with E-state index in [1.165, 1.54) is 19.3 Å². The lowest BCUT2D eigenvalue weighted by atomic mass is 9.88. The summed E-state index contributed by atoms with van der Waals surface area (Å²) in [5.41, 5.74) is 0.830. The van der Waals surface area contributed by atoms with Crippen LogP contribution in [-0.4, -0.2) is 35.5 Å². The van der Waals surface area contributed by atoms with Gasteiger partial charge in [-0.2, -0.15) is 0 Å². The number of nitrogens with one attached hydrogen (secondary N) is 1. The van der Waals surface area contributed by atoms with E-state index in [-0.39, 0.29) is 17.4 Å². The fourth-order valence-corrected chi connectivity index (χ4v) is 5.89. The van der Waals surface area contributed by atoms with Crippen molar-refractivity contribution in [2.45, 2.75) is 45.1 Å². The first-order chi connectivity index (χ1) is 14.1. The molecule has 2 aliphatic carbocycles. The van der Waals surface area contributed by atoms with Gasteiger partial charge in [0.2, 0.25) is 5.91 Å². The van der Waals surface area contributed by atoms with Gasteiger partial charge >= 0.3 is 0 Å². The smallest absolute Gasteiger partial charge is 0.258 e. The van der Waals surface area contributed by atoms with Crippen LogP contribution in [0, 0.1) is 23.7 Å². The number of hydrogen-bond donors (Lipinski definition) is 1. The highest BCUT2D eigenvalue weighted by atomic mass is 16.2. The van der Waals surface area contributed by atoms with Gasteiger partial charge in [-0.15, -0.1) is 0 Å². The molecule has 3 fully saturated rings. The van der Waals surface area contributed by atoms with Crippen molar-refractivity contribution in [1.82, 2.24) is 9.47 Å². The number of aromatic nitrogens is 1. The third-order valence-corrected chi connectivity index (χ3v) is 7.64. The molecular formula is C24H31N3O2. The largest absolute Gasteiger partial charge is 0.325 e. The van der Waals surface area contributed by atoms with E-state index < -0.39 is 0 Å². The molecule has 1 aromatic carbocycles. The molecule has 2 saturated carbocycles. The van der Waals surface area contributed by atoms with Crippen LogP contribution in [0.25, 0.3) is 10.8 Å². The number of fused-ring (bicyclic) bond motifs is 3. The number of hydrogen-bond acceptors (Lipinski definition) is 3. The predicted molar refractivity (Wildman–Crippen MR) is 116 cm³/mol. The van der Waals surface area contributed by atoms with E-state index >= 15 is 0 Å². The zero-order valence-corrected chi connectivity index (χ0v) is 17.3. The molecule has 1 unspecified atom stereocenters. The van der Waals surface area contributed by atoms with Gasteiger partial charge in [0.05, 0.1) is 0 Å². The number of nitrogens with zero attached hydrogens (tertiary/aromatic N) is 2. The first-order valence-corrected chi connectivity index (χ1v) is 11.2. The molecule has 1 amide bonds. The summed E-state index contributed by atoms with van der Waals surface area (Å²) < 4.78 is 1.86. The van der Waals surface area contributed by atoms with Gasteiger partial charge in [0.1, 0.15) is 0 Å². The number of amides is 1. The number of carbonyl (C=O) groups is 1. The van der Waals surface area contributed by atoms with Gasteiger partial charge in [-0.1, -0.05) is 12.5 Å². The van der Waals surface area contributed by atoms with Crippen LogP contribution in [0.1, 0.15) is 38.5 Å². The topological polar surface area (TPSA) is 54.3 Å². The Bertz CT molecular complexity index is 974. The monoisotopic (exact) mass is 393 g/mol. The summed E-state index contributed by atoms with van der Waals surface area (Å²) in [5.74, 6) is 2.15. The van der Waals surface area contributed by atoms with E-state index in [4.69, 9.17) is 0 Å². The second-order valence-corrected chi connectivity index (χ2v) is 9.56. The van der Waals surface area contributed by atoms with Crippen molar-refractivity contribution >= 4 is 22.4 Å². The molecular weight excluding hydrogens is 362 g/mol. The molecule has 2 bridgehead atoms. The molecule has 5 heteroatoms. The molecule has 1 aliphatic heterocycles. The molecule has 1 saturated heterocycles. The van der Waals surface area contributed by atoms with Crippen molar-refractivity contribution in [2.24, 2.45) is 23.7 Å². The van der Waals surface area contributed by atoms with Gasteiger partial charge in [0, 0.05) is 35.1 Å². The quantitative estimate of drug-likeness (QED) is 0.861. The van der Waals surface area contributed by atoms with Crippen LogP contribution in [-0.2, 0) is 11.3 Å². The Labute approximate surface area is 172 Å². The lowest BCUT2D eigenvalue weighted by Gasteiger charge is -2.29. The normalized spacial score (nSPS) is 27.6. The molecule has 154 valence electrons. The highest BCUT2D eigenvalue weighted by Gasteiger charge is 2.43. The number of anilines is 1. The molecule has 1 N–H and O–H groups in total. The second-order valence-electron chi connectivity index (χ2n) is 9.56. The van der Waals surface area contributed by atoms with E-state index in [1.54, 1.807) is 0 Å². The minimum atomic E-state index is 0.0532. The van der Waals surface area contributed by atoms with E-state index in [2.05, 4.69) is 17.3 Å². The lowest BCUT2D eigenvalue weighted by Crippen LogP contribution is -2.33. The average Bonchev–Trinajstić information content (AvgIpc) is 3.36. The molecule has 1 aromatic heterocycles. The molecule has 3 atom stereocenters. The number of carbonyl (C=O) groups excluding carboxylic acids is 1. The second kappa shape index (κ2) is 7.60. The van der Waals surface area contributed by atoms with Gasteiger partial charge in [-0.3, -0.25) is 9.59 Å². The summed E-state index contributed by atoms with van der Waals surface area (Å²) in [4.78, 5) is 28.3. The maximum Gasteiger partial charge on any atom is 0.258 e. The van der Waals surface area contributed by atoms with E-state index in [0.717, 1.165) is 55.9 Å². The Morgan fingerprint density at radius 1 is 1.07 bits per heavy atom. The zero-order chi connectivity index (χ0) is 20.0. The first kappa shape index (κ1) is 18.9.